The maximum Gasteiger partial charge on any atom is 0.332 e. The van der Waals surface area contributed by atoms with Crippen LogP contribution in [0.1, 0.15) is 145 Å². The summed E-state index contributed by atoms with van der Waals surface area (Å²) in [6, 6.07) is 96.9. The summed E-state index contributed by atoms with van der Waals surface area (Å²) in [5.41, 5.74) is 3.57. The molecule has 0 aromatic heterocycles. The molecule has 15 aromatic carbocycles. The Hall–Kier alpha value is -18.5. The summed E-state index contributed by atoms with van der Waals surface area (Å²) in [5.74, 6) is -5.24. The third kappa shape index (κ3) is 28.9. The van der Waals surface area contributed by atoms with Gasteiger partial charge in [-0.1, -0.05) is 201 Å². The van der Waals surface area contributed by atoms with Gasteiger partial charge in [-0.3, -0.25) is 79.3 Å². The average molecular weight is 2040 g/mol. The van der Waals surface area contributed by atoms with E-state index in [1.54, 1.807) is 157 Å². The Morgan fingerprint density at radius 3 is 0.701 bits per heavy atom. The molecule has 0 saturated carbocycles. The molecule has 0 radical (unpaired) electrons. The van der Waals surface area contributed by atoms with Gasteiger partial charge in [-0.25, -0.2) is 19.2 Å². The van der Waals surface area contributed by atoms with Gasteiger partial charge in [-0.05, 0) is 214 Å². The Bertz CT molecular complexity index is 7770. The van der Waals surface area contributed by atoms with E-state index < -0.39 is 71.6 Å². The lowest BCUT2D eigenvalue weighted by molar-refractivity contribution is -0.385. The number of nitro benzene ring substituents is 5. The van der Waals surface area contributed by atoms with Gasteiger partial charge in [0.2, 0.25) is 23.1 Å². The minimum atomic E-state index is -0.747. The Labute approximate surface area is 854 Å². The van der Waals surface area contributed by atoms with Crippen molar-refractivity contribution in [1.82, 2.24) is 0 Å². The monoisotopic (exact) mass is 2040 g/mol. The fourth-order valence-corrected chi connectivity index (χ4v) is 17.4. The molecule has 15 aromatic rings. The Morgan fingerprint density at radius 1 is 0.224 bits per heavy atom. The Morgan fingerprint density at radius 2 is 0.442 bits per heavy atom. The number of ketones is 6. The lowest BCUT2D eigenvalue weighted by Gasteiger charge is -2.10. The van der Waals surface area contributed by atoms with Gasteiger partial charge in [0.25, 0.3) is 28.4 Å². The van der Waals surface area contributed by atoms with Gasteiger partial charge >= 0.3 is 23.9 Å². The summed E-state index contributed by atoms with van der Waals surface area (Å²) in [7, 11) is 0. The highest BCUT2D eigenvalue weighted by atomic mass is 32.2. The molecule has 0 atom stereocenters. The zero-order chi connectivity index (χ0) is 106. The highest BCUT2D eigenvalue weighted by Crippen LogP contribution is 2.37. The molecule has 0 saturated heterocycles. The number of nitro groups is 5. The van der Waals surface area contributed by atoms with Crippen LogP contribution in [0.15, 0.2) is 406 Å². The summed E-state index contributed by atoms with van der Waals surface area (Å²) in [5, 5.41) is 73.1. The first-order chi connectivity index (χ1) is 70.5. The standard InChI is InChI=1S/C34H24N2O6S.C30H22N2O6S.C23H17N3O7S.C23H18N2O5S/c1-21-30(8-5-9-31(21)36(40)41)32(35-42-22(2)37)34(39)25-14-18-29(19-15-25)43-28-16-12-24(13-17-28)33(38)27-11-10-23-6-3-4-7-26(23)20-27;1-19-26(9-6-10-27(19)32(36)37)28(31-38-20(2)33)30(35)23-13-17-25(18-14-23)39-24-15-11-22(12-16-24)29(34)21-7-4-3-5-8-21;1-14-20(4-3-5-21(14)26(31)32)22(24-33-15(2)27)23(28)16-6-10-18(11-7-16)34-19-12-8-17(9-13-19)25(29)30;1-15-20(9-6-10-21(15)25(28)29)22(24-30-16(2)26)23(27)17-11-13-19(14-12-17)31-18-7-4-3-5-8-18/h3-20H,1-2H3;3-18H,1-2H3;3-13H,1-2H3;3-14H,1-2H3/b35-32+;31-28+;2*24-22+. The van der Waals surface area contributed by atoms with Gasteiger partial charge < -0.3 is 19.4 Å². The number of hydrogen-bond donors (Lipinski definition) is 0. The molecule has 0 bridgehead atoms. The van der Waals surface area contributed by atoms with Crippen molar-refractivity contribution in [3.05, 3.63) is 485 Å². The molecule has 0 fully saturated rings. The highest BCUT2D eigenvalue weighted by Gasteiger charge is 2.30. The number of benzene rings is 15. The molecule has 0 aliphatic rings. The predicted octanol–water partition coefficient (Wildman–Crippen LogP) is 24.3. The normalized spacial score (nSPS) is 11.1. The second-order valence-electron chi connectivity index (χ2n) is 31.4. The summed E-state index contributed by atoms with van der Waals surface area (Å²) in [6.07, 6.45) is 0. The van der Waals surface area contributed by atoms with Crippen molar-refractivity contribution in [1.29, 1.82) is 0 Å². The zero-order valence-electron chi connectivity index (χ0n) is 78.9. The molecule has 0 amide bonds. The number of non-ortho nitro benzene ring substituents is 1. The predicted molar refractivity (Wildman–Crippen MR) is 554 cm³/mol. The number of carbonyl (C=O) groups excluding carboxylic acids is 10. The molecule has 0 spiro atoms. The van der Waals surface area contributed by atoms with Crippen LogP contribution in [-0.2, 0) is 38.5 Å². The lowest BCUT2D eigenvalue weighted by Crippen LogP contribution is -2.18. The lowest BCUT2D eigenvalue weighted by atomic mass is 9.96. The van der Waals surface area contributed by atoms with E-state index in [0.717, 1.165) is 77.6 Å². The van der Waals surface area contributed by atoms with Gasteiger partial charge in [-0.2, -0.15) is 0 Å². The van der Waals surface area contributed by atoms with Gasteiger partial charge in [0.05, 0.1) is 24.6 Å². The number of hydrogen-bond acceptors (Lipinski definition) is 32. The maximum atomic E-state index is 13.4. The molecule has 147 heavy (non-hydrogen) atoms. The molecule has 0 unspecified atom stereocenters. The SMILES string of the molecule is CC(=O)O/N=C(/C(=O)c1ccc(Sc2ccc(C(=O)c3ccc4ccccc4c3)cc2)cc1)c1cccc([N+](=O)[O-])c1C.CC(=O)O/N=C(/C(=O)c1ccc(Sc2ccc(C(=O)c3ccccc3)cc2)cc1)c1cccc([N+](=O)[O-])c1C.CC(=O)O/N=C(/C(=O)c1ccc(Sc2ccc([N+](=O)[O-])cc2)cc1)c1cccc([N+](=O)[O-])c1C.CC(=O)O/N=C(/C(=O)c1ccc(Sc2ccccc2)cc1)c1cccc([N+](=O)[O-])c1C. The number of nitrogens with zero attached hydrogens (tertiary/aromatic N) is 9. The fourth-order valence-electron chi connectivity index (χ4n) is 14.1. The van der Waals surface area contributed by atoms with E-state index in [2.05, 4.69) is 20.6 Å². The largest absolute Gasteiger partial charge is 0.332 e. The minimum Gasteiger partial charge on any atom is -0.318 e. The molecule has 734 valence electrons. The van der Waals surface area contributed by atoms with E-state index in [-0.39, 0.29) is 124 Å². The molecule has 0 heterocycles. The van der Waals surface area contributed by atoms with Crippen molar-refractivity contribution in [3.8, 4) is 0 Å². The van der Waals surface area contributed by atoms with Crippen LogP contribution in [0.5, 0.6) is 0 Å². The summed E-state index contributed by atoms with van der Waals surface area (Å²) >= 11 is 5.80. The number of Topliss-reactive ketones (excluding diaryl/α,β-unsaturated/α-hetero) is 4. The second-order valence-corrected chi connectivity index (χ2v) is 36.0. The van der Waals surface area contributed by atoms with Gasteiger partial charge in [0.15, 0.2) is 34.4 Å². The first-order valence-corrected chi connectivity index (χ1v) is 47.2. The van der Waals surface area contributed by atoms with Crippen LogP contribution in [0.25, 0.3) is 10.8 Å². The van der Waals surface area contributed by atoms with Crippen LogP contribution in [-0.4, -0.2) is 106 Å². The van der Waals surface area contributed by atoms with Gasteiger partial charge in [-0.15, -0.1) is 0 Å². The topological polar surface area (TPSA) is 473 Å². The van der Waals surface area contributed by atoms with Gasteiger partial charge in [0, 0.05) is 192 Å². The molecule has 15 rings (SSSR count). The van der Waals surface area contributed by atoms with Crippen molar-refractivity contribution >= 4 is 168 Å². The third-order valence-electron chi connectivity index (χ3n) is 21.4. The minimum absolute atomic E-state index is 0.0127. The Balaban J connectivity index is 0.000000175. The first-order valence-electron chi connectivity index (χ1n) is 43.9. The number of rotatable bonds is 33. The summed E-state index contributed by atoms with van der Waals surface area (Å²) in [6.45, 7) is 10.6. The zero-order valence-corrected chi connectivity index (χ0v) is 82.1. The van der Waals surface area contributed by atoms with E-state index >= 15 is 0 Å². The summed E-state index contributed by atoms with van der Waals surface area (Å²) < 4.78 is 0. The van der Waals surface area contributed by atoms with E-state index in [1.807, 2.05) is 115 Å². The third-order valence-corrected chi connectivity index (χ3v) is 25.5. The molecule has 0 aliphatic carbocycles. The average Bonchev–Trinajstić information content (AvgIpc) is 0.809. The Kier molecular flexibility index (Phi) is 37.1. The quantitative estimate of drug-likeness (QED) is 0.0121. The van der Waals surface area contributed by atoms with Crippen LogP contribution in [0.2, 0.25) is 0 Å². The summed E-state index contributed by atoms with van der Waals surface area (Å²) in [4.78, 5) is 204. The van der Waals surface area contributed by atoms with E-state index in [0.29, 0.717) is 27.8 Å². The van der Waals surface area contributed by atoms with Crippen molar-refractivity contribution in [3.63, 3.8) is 0 Å². The van der Waals surface area contributed by atoms with Crippen LogP contribution in [0, 0.1) is 78.3 Å². The number of fused-ring (bicyclic) bond motifs is 1. The molecule has 0 N–H and O–H groups in total. The fraction of sp³-hybridized carbons (Fsp3) is 0.0727. The van der Waals surface area contributed by atoms with Crippen molar-refractivity contribution < 1.29 is 91.9 Å². The van der Waals surface area contributed by atoms with Crippen LogP contribution >= 0.6 is 47.0 Å². The molecular formula is C110H81N9O24S4. The molecule has 0 aliphatic heterocycles. The van der Waals surface area contributed by atoms with E-state index in [4.69, 9.17) is 19.4 Å². The van der Waals surface area contributed by atoms with Crippen LogP contribution < -0.4 is 0 Å². The molecule has 33 nitrogen and oxygen atoms in total. The van der Waals surface area contributed by atoms with Gasteiger partial charge in [0.1, 0.15) is 0 Å². The molecular weight excluding hydrogens is 1960 g/mol. The van der Waals surface area contributed by atoms with Crippen molar-refractivity contribution in [2.24, 2.45) is 20.6 Å². The number of oxime groups is 4. The highest BCUT2D eigenvalue weighted by molar-refractivity contribution is 8.00. The van der Waals surface area contributed by atoms with Crippen molar-refractivity contribution in [2.75, 3.05) is 0 Å². The smallest absolute Gasteiger partial charge is 0.318 e. The van der Waals surface area contributed by atoms with Crippen LogP contribution in [0.3, 0.4) is 0 Å². The van der Waals surface area contributed by atoms with Crippen LogP contribution in [0.4, 0.5) is 28.4 Å². The molecule has 37 heteroatoms. The second kappa shape index (κ2) is 50.8. The van der Waals surface area contributed by atoms with E-state index in [9.17, 15) is 98.5 Å². The number of carbonyl (C=O) groups is 10. The first kappa shape index (κ1) is 107. The van der Waals surface area contributed by atoms with Crippen molar-refractivity contribution in [2.45, 2.75) is 94.6 Å². The maximum absolute atomic E-state index is 13.4. The van der Waals surface area contributed by atoms with E-state index in [1.165, 1.54) is 148 Å².